The van der Waals surface area contributed by atoms with E-state index in [1.165, 1.54) is 36.5 Å². The van der Waals surface area contributed by atoms with Gasteiger partial charge in [0.2, 0.25) is 0 Å². The first-order valence-corrected chi connectivity index (χ1v) is 10.6. The third kappa shape index (κ3) is 9.12. The third-order valence-electron chi connectivity index (χ3n) is 4.02. The number of anilines is 1. The van der Waals surface area contributed by atoms with Crippen molar-refractivity contribution in [2.45, 2.75) is 39.8 Å². The van der Waals surface area contributed by atoms with Crippen molar-refractivity contribution in [1.82, 2.24) is 16.1 Å². The SMILES string of the molecule is CCOC(=O)c1ccc(NC(=O)C(=O)NCc2ccc(/C=N/NC(=O)C(=O)NC(C)(C)C)o2)cc1. The van der Waals surface area contributed by atoms with Crippen LogP contribution >= 0.6 is 0 Å². The molecule has 0 radical (unpaired) electrons. The van der Waals surface area contributed by atoms with Gasteiger partial charge in [0.25, 0.3) is 0 Å². The lowest BCUT2D eigenvalue weighted by molar-refractivity contribution is -0.140. The summed E-state index contributed by atoms with van der Waals surface area (Å²) in [6.07, 6.45) is 1.18. The summed E-state index contributed by atoms with van der Waals surface area (Å²) >= 11 is 0. The molecule has 1 aromatic heterocycles. The zero-order chi connectivity index (χ0) is 26.0. The Hall–Kier alpha value is -4.48. The number of rotatable bonds is 7. The molecule has 4 N–H and O–H groups in total. The van der Waals surface area contributed by atoms with E-state index in [2.05, 4.69) is 26.5 Å². The molecule has 2 aromatic rings. The maximum atomic E-state index is 12.1. The lowest BCUT2D eigenvalue weighted by atomic mass is 10.1. The second-order valence-electron chi connectivity index (χ2n) is 8.14. The van der Waals surface area contributed by atoms with Crippen molar-refractivity contribution in [2.75, 3.05) is 11.9 Å². The number of amides is 4. The Balaban J connectivity index is 1.80. The summed E-state index contributed by atoms with van der Waals surface area (Å²) in [5, 5.41) is 11.0. The number of hydrogen-bond donors (Lipinski definition) is 4. The summed E-state index contributed by atoms with van der Waals surface area (Å²) in [5.74, 6) is -3.48. The van der Waals surface area contributed by atoms with Gasteiger partial charge in [-0.1, -0.05) is 0 Å². The smallest absolute Gasteiger partial charge is 0.338 e. The molecule has 0 spiro atoms. The van der Waals surface area contributed by atoms with E-state index in [0.29, 0.717) is 17.0 Å². The number of nitrogens with zero attached hydrogens (tertiary/aromatic N) is 1. The third-order valence-corrected chi connectivity index (χ3v) is 4.02. The minimum Gasteiger partial charge on any atom is -0.462 e. The van der Waals surface area contributed by atoms with Crippen molar-refractivity contribution in [2.24, 2.45) is 5.10 Å². The highest BCUT2D eigenvalue weighted by Gasteiger charge is 2.19. The van der Waals surface area contributed by atoms with Gasteiger partial charge < -0.3 is 25.1 Å². The normalized spacial score (nSPS) is 11.0. The fourth-order valence-corrected chi connectivity index (χ4v) is 2.50. The van der Waals surface area contributed by atoms with E-state index in [9.17, 15) is 24.0 Å². The van der Waals surface area contributed by atoms with Crippen LogP contribution in [0, 0.1) is 0 Å². The van der Waals surface area contributed by atoms with Crippen LogP contribution in [-0.4, -0.2) is 48.0 Å². The molecule has 12 heteroatoms. The summed E-state index contributed by atoms with van der Waals surface area (Å²) in [7, 11) is 0. The van der Waals surface area contributed by atoms with Crippen molar-refractivity contribution in [3.8, 4) is 0 Å². The van der Waals surface area contributed by atoms with E-state index < -0.39 is 35.1 Å². The first kappa shape index (κ1) is 26.8. The van der Waals surface area contributed by atoms with Gasteiger partial charge in [0.15, 0.2) is 0 Å². The summed E-state index contributed by atoms with van der Waals surface area (Å²) in [4.78, 5) is 59.1. The summed E-state index contributed by atoms with van der Waals surface area (Å²) in [5.41, 5.74) is 2.16. The van der Waals surface area contributed by atoms with Crippen molar-refractivity contribution in [3.05, 3.63) is 53.5 Å². The Morgan fingerprint density at radius 1 is 0.943 bits per heavy atom. The Morgan fingerprint density at radius 3 is 2.26 bits per heavy atom. The molecule has 186 valence electrons. The van der Waals surface area contributed by atoms with Gasteiger partial charge in [-0.25, -0.2) is 10.2 Å². The average Bonchev–Trinajstić information content (AvgIpc) is 3.24. The highest BCUT2D eigenvalue weighted by atomic mass is 16.5. The molecule has 0 bridgehead atoms. The highest BCUT2D eigenvalue weighted by molar-refractivity contribution is 6.39. The molecule has 0 saturated carbocycles. The Morgan fingerprint density at radius 2 is 1.63 bits per heavy atom. The van der Waals surface area contributed by atoms with Crippen molar-refractivity contribution >= 4 is 41.5 Å². The quantitative estimate of drug-likeness (QED) is 0.197. The molecule has 0 aliphatic rings. The lowest BCUT2D eigenvalue weighted by Gasteiger charge is -2.19. The molecule has 2 rings (SSSR count). The van der Waals surface area contributed by atoms with Crippen LogP contribution < -0.4 is 21.4 Å². The molecule has 1 heterocycles. The van der Waals surface area contributed by atoms with Gasteiger partial charge in [-0.05, 0) is 64.1 Å². The molecule has 0 unspecified atom stereocenters. The molecule has 0 saturated heterocycles. The molecule has 4 amide bonds. The van der Waals surface area contributed by atoms with Crippen LogP contribution in [0.1, 0.15) is 49.6 Å². The monoisotopic (exact) mass is 485 g/mol. The van der Waals surface area contributed by atoms with Gasteiger partial charge in [0.1, 0.15) is 11.5 Å². The Kier molecular flexibility index (Phi) is 9.27. The number of benzene rings is 1. The summed E-state index contributed by atoms with van der Waals surface area (Å²) in [6, 6.07) is 8.95. The lowest BCUT2D eigenvalue weighted by Crippen LogP contribution is -2.47. The van der Waals surface area contributed by atoms with Crippen LogP contribution in [0.3, 0.4) is 0 Å². The van der Waals surface area contributed by atoms with E-state index in [-0.39, 0.29) is 18.9 Å². The van der Waals surface area contributed by atoms with Crippen LogP contribution in [0.5, 0.6) is 0 Å². The van der Waals surface area contributed by atoms with Crippen LogP contribution in [0.15, 0.2) is 45.9 Å². The Labute approximate surface area is 201 Å². The highest BCUT2D eigenvalue weighted by Crippen LogP contribution is 2.11. The molecular weight excluding hydrogens is 458 g/mol. The van der Waals surface area contributed by atoms with Gasteiger partial charge in [-0.15, -0.1) is 0 Å². The second kappa shape index (κ2) is 12.1. The van der Waals surface area contributed by atoms with E-state index in [0.717, 1.165) is 0 Å². The fourth-order valence-electron chi connectivity index (χ4n) is 2.50. The van der Waals surface area contributed by atoms with Crippen LogP contribution in [0.4, 0.5) is 5.69 Å². The minimum absolute atomic E-state index is 0.0811. The first-order chi connectivity index (χ1) is 16.5. The van der Waals surface area contributed by atoms with Crippen molar-refractivity contribution < 1.29 is 33.1 Å². The molecule has 0 aliphatic carbocycles. The molecule has 0 fully saturated rings. The Bertz CT molecular complexity index is 1110. The number of ether oxygens (including phenoxy) is 1. The number of hydrogen-bond acceptors (Lipinski definition) is 8. The van der Waals surface area contributed by atoms with Crippen LogP contribution in [0.25, 0.3) is 0 Å². The van der Waals surface area contributed by atoms with Gasteiger partial charge in [0.05, 0.1) is 24.9 Å². The first-order valence-electron chi connectivity index (χ1n) is 10.6. The van der Waals surface area contributed by atoms with Crippen molar-refractivity contribution in [1.29, 1.82) is 0 Å². The maximum Gasteiger partial charge on any atom is 0.338 e. The fraction of sp³-hybridized carbons (Fsp3) is 0.304. The molecule has 35 heavy (non-hydrogen) atoms. The number of esters is 1. The standard InChI is InChI=1S/C23H27N5O7/c1-5-34-22(33)14-6-8-15(9-7-14)26-19(30)18(29)24-12-16-10-11-17(35-16)13-25-28-21(32)20(31)27-23(2,3)4/h6-11,13H,5,12H2,1-4H3,(H,24,29)(H,26,30)(H,27,31)(H,28,32)/b25-13+. The zero-order valence-electron chi connectivity index (χ0n) is 19.8. The van der Waals surface area contributed by atoms with Crippen LogP contribution in [0.2, 0.25) is 0 Å². The van der Waals surface area contributed by atoms with Gasteiger partial charge in [-0.3, -0.25) is 19.2 Å². The number of carbonyl (C=O) groups excluding carboxylic acids is 5. The summed E-state index contributed by atoms with van der Waals surface area (Å²) < 4.78 is 10.3. The van der Waals surface area contributed by atoms with Crippen molar-refractivity contribution in [3.63, 3.8) is 0 Å². The maximum absolute atomic E-state index is 12.1. The van der Waals surface area contributed by atoms with Gasteiger partial charge >= 0.3 is 29.6 Å². The number of nitrogens with one attached hydrogen (secondary N) is 4. The topological polar surface area (TPSA) is 168 Å². The predicted octanol–water partition coefficient (Wildman–Crippen LogP) is 1.08. The van der Waals surface area contributed by atoms with E-state index >= 15 is 0 Å². The minimum atomic E-state index is -0.934. The van der Waals surface area contributed by atoms with Gasteiger partial charge in [0, 0.05) is 11.2 Å². The van der Waals surface area contributed by atoms with Crippen LogP contribution in [-0.2, 0) is 30.5 Å². The molecule has 0 atom stereocenters. The zero-order valence-corrected chi connectivity index (χ0v) is 19.8. The molecule has 0 aliphatic heterocycles. The number of hydrazone groups is 1. The second-order valence-corrected chi connectivity index (χ2v) is 8.14. The predicted molar refractivity (Wildman–Crippen MR) is 125 cm³/mol. The van der Waals surface area contributed by atoms with E-state index in [1.807, 2.05) is 0 Å². The number of furan rings is 1. The van der Waals surface area contributed by atoms with Gasteiger partial charge in [-0.2, -0.15) is 5.10 Å². The average molecular weight is 485 g/mol. The molecule has 12 nitrogen and oxygen atoms in total. The number of carbonyl (C=O) groups is 5. The summed E-state index contributed by atoms with van der Waals surface area (Å²) in [6.45, 7) is 7.06. The molecule has 1 aromatic carbocycles. The largest absolute Gasteiger partial charge is 0.462 e. The molecular formula is C23H27N5O7. The van der Waals surface area contributed by atoms with E-state index in [1.54, 1.807) is 33.8 Å². The van der Waals surface area contributed by atoms with E-state index in [4.69, 9.17) is 9.15 Å².